The molecule has 15 heavy (non-hydrogen) atoms. The normalized spacial score (nSPS) is 10.9. The van der Waals surface area contributed by atoms with Gasteiger partial charge in [0.1, 0.15) is 0 Å². The van der Waals surface area contributed by atoms with Gasteiger partial charge in [0.2, 0.25) is 5.95 Å². The van der Waals surface area contributed by atoms with Crippen LogP contribution in [0.1, 0.15) is 11.4 Å². The van der Waals surface area contributed by atoms with Crippen LogP contribution >= 0.6 is 0 Å². The molecule has 2 aromatic heterocycles. The van der Waals surface area contributed by atoms with Crippen molar-refractivity contribution < 1.29 is 5.11 Å². The zero-order valence-electron chi connectivity index (χ0n) is 8.73. The lowest BCUT2D eigenvalue weighted by atomic mass is 10.4. The number of nitrogens with one attached hydrogen (secondary N) is 1. The smallest absolute Gasteiger partial charge is 0.254 e. The van der Waals surface area contributed by atoms with E-state index in [1.54, 1.807) is 4.52 Å². The number of hydrogen-bond acceptors (Lipinski definition) is 5. The van der Waals surface area contributed by atoms with Crippen LogP contribution in [0.5, 0.6) is 0 Å². The number of fused-ring (bicyclic) bond motifs is 1. The summed E-state index contributed by atoms with van der Waals surface area (Å²) in [5.74, 6) is 1.07. The van der Waals surface area contributed by atoms with Gasteiger partial charge in [0.05, 0.1) is 6.61 Å². The number of rotatable bonds is 3. The van der Waals surface area contributed by atoms with Gasteiger partial charge in [-0.2, -0.15) is 9.50 Å². The van der Waals surface area contributed by atoms with Gasteiger partial charge < -0.3 is 10.4 Å². The number of hydrogen-bond donors (Lipinski definition) is 2. The minimum atomic E-state index is 0.0565. The Labute approximate surface area is 87.0 Å². The molecule has 80 valence electrons. The van der Waals surface area contributed by atoms with Gasteiger partial charge in [-0.15, -0.1) is 5.10 Å². The molecule has 0 unspecified atom stereocenters. The number of aryl methyl sites for hydroxylation is 2. The molecule has 2 N–H and O–H groups in total. The first kappa shape index (κ1) is 9.85. The minimum absolute atomic E-state index is 0.0565. The average Bonchev–Trinajstić information content (AvgIpc) is 2.57. The first-order valence-corrected chi connectivity index (χ1v) is 4.76. The summed E-state index contributed by atoms with van der Waals surface area (Å²) in [7, 11) is 0. The molecule has 0 saturated heterocycles. The lowest BCUT2D eigenvalue weighted by molar-refractivity contribution is 0.311. The molecule has 0 fully saturated rings. The van der Waals surface area contributed by atoms with Crippen LogP contribution in [-0.4, -0.2) is 37.8 Å². The van der Waals surface area contributed by atoms with E-state index >= 15 is 0 Å². The van der Waals surface area contributed by atoms with Crippen LogP contribution < -0.4 is 5.32 Å². The predicted molar refractivity (Wildman–Crippen MR) is 55.8 cm³/mol. The van der Waals surface area contributed by atoms with E-state index in [0.29, 0.717) is 18.3 Å². The first-order chi connectivity index (χ1) is 7.20. The molecule has 0 bridgehead atoms. The molecule has 6 heteroatoms. The van der Waals surface area contributed by atoms with E-state index in [9.17, 15) is 0 Å². The number of aliphatic hydroxyl groups is 1. The summed E-state index contributed by atoms with van der Waals surface area (Å²) in [4.78, 5) is 8.44. The maximum Gasteiger partial charge on any atom is 0.254 e. The van der Waals surface area contributed by atoms with Crippen molar-refractivity contribution in [3.8, 4) is 0 Å². The third kappa shape index (κ3) is 1.89. The van der Waals surface area contributed by atoms with E-state index in [4.69, 9.17) is 5.11 Å². The quantitative estimate of drug-likeness (QED) is 0.749. The molecule has 2 aromatic rings. The second-order valence-corrected chi connectivity index (χ2v) is 3.34. The van der Waals surface area contributed by atoms with Crippen LogP contribution in [0.3, 0.4) is 0 Å². The van der Waals surface area contributed by atoms with Crippen molar-refractivity contribution in [1.29, 1.82) is 0 Å². The Kier molecular flexibility index (Phi) is 2.51. The summed E-state index contributed by atoms with van der Waals surface area (Å²) >= 11 is 0. The zero-order chi connectivity index (χ0) is 10.8. The lowest BCUT2D eigenvalue weighted by Crippen LogP contribution is -2.06. The standard InChI is InChI=1S/C9H13N5O/c1-6-5-7(2)14-9(11-6)12-8(13-14)10-3-4-15/h5,15H,3-4H2,1-2H3,(H,10,13). The Hall–Kier alpha value is -1.69. The molecule has 0 radical (unpaired) electrons. The third-order valence-electron chi connectivity index (χ3n) is 2.01. The van der Waals surface area contributed by atoms with Crippen molar-refractivity contribution in [2.24, 2.45) is 0 Å². The fourth-order valence-electron chi connectivity index (χ4n) is 1.41. The molecule has 0 aliphatic heterocycles. The second kappa shape index (κ2) is 3.82. The Morgan fingerprint density at radius 3 is 2.93 bits per heavy atom. The molecule has 0 aliphatic rings. The average molecular weight is 207 g/mol. The van der Waals surface area contributed by atoms with E-state index in [1.807, 2.05) is 19.9 Å². The van der Waals surface area contributed by atoms with E-state index in [2.05, 4.69) is 20.4 Å². The summed E-state index contributed by atoms with van der Waals surface area (Å²) in [5, 5.41) is 15.8. The van der Waals surface area contributed by atoms with Crippen molar-refractivity contribution in [3.63, 3.8) is 0 Å². The molecular weight excluding hydrogens is 194 g/mol. The largest absolute Gasteiger partial charge is 0.395 e. The lowest BCUT2D eigenvalue weighted by Gasteiger charge is -1.97. The van der Waals surface area contributed by atoms with Crippen molar-refractivity contribution in [2.75, 3.05) is 18.5 Å². The van der Waals surface area contributed by atoms with Gasteiger partial charge in [-0.3, -0.25) is 0 Å². The van der Waals surface area contributed by atoms with Crippen LogP contribution in [0.15, 0.2) is 6.07 Å². The first-order valence-electron chi connectivity index (χ1n) is 4.76. The topological polar surface area (TPSA) is 75.3 Å². The monoisotopic (exact) mass is 207 g/mol. The summed E-state index contributed by atoms with van der Waals surface area (Å²) < 4.78 is 1.67. The Bertz CT molecular complexity index is 479. The molecule has 6 nitrogen and oxygen atoms in total. The van der Waals surface area contributed by atoms with Crippen molar-refractivity contribution >= 4 is 11.7 Å². The molecule has 0 amide bonds. The second-order valence-electron chi connectivity index (χ2n) is 3.34. The van der Waals surface area contributed by atoms with Gasteiger partial charge in [-0.05, 0) is 19.9 Å². The van der Waals surface area contributed by atoms with Crippen molar-refractivity contribution in [2.45, 2.75) is 13.8 Å². The molecule has 0 aliphatic carbocycles. The minimum Gasteiger partial charge on any atom is -0.395 e. The number of aliphatic hydroxyl groups excluding tert-OH is 1. The Morgan fingerprint density at radius 2 is 2.20 bits per heavy atom. The van der Waals surface area contributed by atoms with Crippen molar-refractivity contribution in [1.82, 2.24) is 19.6 Å². The van der Waals surface area contributed by atoms with Crippen LogP contribution in [0, 0.1) is 13.8 Å². The van der Waals surface area contributed by atoms with Gasteiger partial charge in [-0.1, -0.05) is 0 Å². The van der Waals surface area contributed by atoms with Crippen LogP contribution in [0.2, 0.25) is 0 Å². The Balaban J connectivity index is 2.41. The van der Waals surface area contributed by atoms with Crippen LogP contribution in [0.4, 0.5) is 5.95 Å². The van der Waals surface area contributed by atoms with E-state index in [-0.39, 0.29) is 6.61 Å². The van der Waals surface area contributed by atoms with Gasteiger partial charge in [0.25, 0.3) is 5.78 Å². The fraction of sp³-hybridized carbons (Fsp3) is 0.444. The van der Waals surface area contributed by atoms with Crippen molar-refractivity contribution in [3.05, 3.63) is 17.5 Å². The fourth-order valence-corrected chi connectivity index (χ4v) is 1.41. The summed E-state index contributed by atoms with van der Waals surface area (Å²) in [6, 6.07) is 1.94. The highest BCUT2D eigenvalue weighted by Crippen LogP contribution is 2.07. The molecule has 0 spiro atoms. The number of anilines is 1. The molecule has 2 heterocycles. The van der Waals surface area contributed by atoms with Gasteiger partial charge in [0.15, 0.2) is 0 Å². The summed E-state index contributed by atoms with van der Waals surface area (Å²) in [5.41, 5.74) is 1.91. The molecule has 0 aromatic carbocycles. The van der Waals surface area contributed by atoms with Crippen LogP contribution in [-0.2, 0) is 0 Å². The highest BCUT2D eigenvalue weighted by atomic mass is 16.3. The van der Waals surface area contributed by atoms with E-state index in [0.717, 1.165) is 11.4 Å². The highest BCUT2D eigenvalue weighted by molar-refractivity contribution is 5.38. The molecule has 2 rings (SSSR count). The number of aromatic nitrogens is 4. The molecule has 0 saturated carbocycles. The van der Waals surface area contributed by atoms with E-state index < -0.39 is 0 Å². The van der Waals surface area contributed by atoms with Crippen LogP contribution in [0.25, 0.3) is 5.78 Å². The Morgan fingerprint density at radius 1 is 1.40 bits per heavy atom. The number of nitrogens with zero attached hydrogens (tertiary/aromatic N) is 4. The summed E-state index contributed by atoms with van der Waals surface area (Å²) in [6.07, 6.45) is 0. The summed E-state index contributed by atoms with van der Waals surface area (Å²) in [6.45, 7) is 4.37. The zero-order valence-corrected chi connectivity index (χ0v) is 8.73. The van der Waals surface area contributed by atoms with Gasteiger partial charge in [0, 0.05) is 17.9 Å². The van der Waals surface area contributed by atoms with Gasteiger partial charge in [-0.25, -0.2) is 4.98 Å². The van der Waals surface area contributed by atoms with E-state index in [1.165, 1.54) is 0 Å². The molecule has 0 atom stereocenters. The highest BCUT2D eigenvalue weighted by Gasteiger charge is 2.06. The SMILES string of the molecule is Cc1cc(C)n2nc(NCCO)nc2n1. The maximum atomic E-state index is 8.66. The maximum absolute atomic E-state index is 8.66. The third-order valence-corrected chi connectivity index (χ3v) is 2.01. The molecular formula is C9H13N5O. The predicted octanol–water partition coefficient (Wildman–Crippen LogP) is 0.145. The van der Waals surface area contributed by atoms with Gasteiger partial charge >= 0.3 is 0 Å².